The van der Waals surface area contributed by atoms with E-state index >= 15 is 0 Å². The Morgan fingerprint density at radius 2 is 2.31 bits per heavy atom. The quantitative estimate of drug-likeness (QED) is 0.716. The maximum Gasteiger partial charge on any atom is 0.0417 e. The Bertz CT molecular complexity index is 314. The van der Waals surface area contributed by atoms with Crippen LogP contribution < -0.4 is 5.73 Å². The van der Waals surface area contributed by atoms with Gasteiger partial charge >= 0.3 is 0 Å². The van der Waals surface area contributed by atoms with Gasteiger partial charge in [0.05, 0.1) is 0 Å². The van der Waals surface area contributed by atoms with Crippen LogP contribution in [-0.4, -0.2) is 5.75 Å². The molecule has 1 aliphatic heterocycles. The second kappa shape index (κ2) is 3.91. The fourth-order valence-electron chi connectivity index (χ4n) is 1.58. The van der Waals surface area contributed by atoms with Gasteiger partial charge in [-0.05, 0) is 36.3 Å². The molecule has 70 valence electrons. The van der Waals surface area contributed by atoms with E-state index in [1.807, 2.05) is 23.9 Å². The van der Waals surface area contributed by atoms with Gasteiger partial charge < -0.3 is 5.73 Å². The average molecular weight is 214 g/mol. The van der Waals surface area contributed by atoms with Gasteiger partial charge in [-0.25, -0.2) is 0 Å². The highest BCUT2D eigenvalue weighted by Crippen LogP contribution is 2.34. The predicted octanol–water partition coefficient (Wildman–Crippen LogP) is 3.23. The Balaban J connectivity index is 2.42. The van der Waals surface area contributed by atoms with Crippen molar-refractivity contribution in [3.63, 3.8) is 0 Å². The highest BCUT2D eigenvalue weighted by molar-refractivity contribution is 7.99. The van der Waals surface area contributed by atoms with Crippen LogP contribution in [0.3, 0.4) is 0 Å². The molecule has 2 N–H and O–H groups in total. The van der Waals surface area contributed by atoms with Gasteiger partial charge in [0.1, 0.15) is 0 Å². The smallest absolute Gasteiger partial charge is 0.0417 e. The minimum absolute atomic E-state index is 0.197. The van der Waals surface area contributed by atoms with Crippen LogP contribution in [0.15, 0.2) is 23.1 Å². The van der Waals surface area contributed by atoms with Gasteiger partial charge in [-0.15, -0.1) is 11.8 Å². The molecule has 0 saturated carbocycles. The van der Waals surface area contributed by atoms with E-state index in [-0.39, 0.29) is 6.04 Å². The van der Waals surface area contributed by atoms with Crippen LogP contribution in [0.2, 0.25) is 5.02 Å². The largest absolute Gasteiger partial charge is 0.324 e. The van der Waals surface area contributed by atoms with Gasteiger partial charge in [0.2, 0.25) is 0 Å². The van der Waals surface area contributed by atoms with Crippen LogP contribution in [0.4, 0.5) is 0 Å². The van der Waals surface area contributed by atoms with Crippen molar-refractivity contribution in [3.8, 4) is 0 Å². The molecule has 1 aliphatic rings. The summed E-state index contributed by atoms with van der Waals surface area (Å²) < 4.78 is 0. The number of nitrogens with two attached hydrogens (primary N) is 1. The first kappa shape index (κ1) is 9.38. The van der Waals surface area contributed by atoms with Crippen LogP contribution in [0.1, 0.15) is 24.4 Å². The molecule has 1 nitrogen and oxygen atoms in total. The van der Waals surface area contributed by atoms with Gasteiger partial charge in [-0.2, -0.15) is 0 Å². The fourth-order valence-corrected chi connectivity index (χ4v) is 2.94. The van der Waals surface area contributed by atoms with Crippen molar-refractivity contribution in [3.05, 3.63) is 28.8 Å². The molecule has 0 aliphatic carbocycles. The highest BCUT2D eigenvalue weighted by atomic mass is 35.5. The van der Waals surface area contributed by atoms with Crippen molar-refractivity contribution >= 4 is 23.4 Å². The Morgan fingerprint density at radius 1 is 1.46 bits per heavy atom. The summed E-state index contributed by atoms with van der Waals surface area (Å²) in [7, 11) is 0. The van der Waals surface area contributed by atoms with Gasteiger partial charge in [-0.1, -0.05) is 17.7 Å². The maximum absolute atomic E-state index is 6.04. The van der Waals surface area contributed by atoms with Crippen molar-refractivity contribution < 1.29 is 0 Å². The normalized spacial score (nSPS) is 22.2. The number of fused-ring (bicyclic) bond motifs is 1. The maximum atomic E-state index is 6.04. The Hall–Kier alpha value is -0.180. The third kappa shape index (κ3) is 2.01. The van der Waals surface area contributed by atoms with E-state index < -0.39 is 0 Å². The Kier molecular flexibility index (Phi) is 2.82. The lowest BCUT2D eigenvalue weighted by molar-refractivity contribution is 0.640. The zero-order valence-electron chi connectivity index (χ0n) is 7.29. The van der Waals surface area contributed by atoms with E-state index in [1.54, 1.807) is 0 Å². The standard InChI is InChI=1S/C10H12ClNS/c11-7-3-4-8-9(12)2-1-5-13-10(8)6-7/h3-4,6,9H,1-2,5,12H2. The van der Waals surface area contributed by atoms with E-state index in [2.05, 4.69) is 6.07 Å². The number of hydrogen-bond donors (Lipinski definition) is 1. The lowest BCUT2D eigenvalue weighted by Crippen LogP contribution is -2.09. The van der Waals surface area contributed by atoms with Crippen LogP contribution in [-0.2, 0) is 0 Å². The second-order valence-corrected chi connectivity index (χ2v) is 4.85. The number of hydrogen-bond acceptors (Lipinski definition) is 2. The van der Waals surface area contributed by atoms with Gasteiger partial charge in [-0.3, -0.25) is 0 Å². The summed E-state index contributed by atoms with van der Waals surface area (Å²) in [5, 5.41) is 0.806. The van der Waals surface area contributed by atoms with Gasteiger partial charge in [0, 0.05) is 16.0 Å². The van der Waals surface area contributed by atoms with Crippen LogP contribution >= 0.6 is 23.4 Å². The number of benzene rings is 1. The summed E-state index contributed by atoms with van der Waals surface area (Å²) in [6, 6.07) is 6.20. The fraction of sp³-hybridized carbons (Fsp3) is 0.400. The summed E-state index contributed by atoms with van der Waals surface area (Å²) in [4.78, 5) is 1.26. The summed E-state index contributed by atoms with van der Waals surface area (Å²) >= 11 is 7.79. The topological polar surface area (TPSA) is 26.0 Å². The Labute approximate surface area is 87.7 Å². The first-order chi connectivity index (χ1) is 6.27. The molecule has 0 bridgehead atoms. The molecule has 1 atom stereocenters. The zero-order valence-corrected chi connectivity index (χ0v) is 8.87. The Morgan fingerprint density at radius 3 is 3.15 bits per heavy atom. The van der Waals surface area contributed by atoms with E-state index in [0.29, 0.717) is 0 Å². The van der Waals surface area contributed by atoms with E-state index in [1.165, 1.54) is 16.9 Å². The molecule has 0 spiro atoms. The van der Waals surface area contributed by atoms with E-state index in [4.69, 9.17) is 17.3 Å². The molecule has 1 unspecified atom stereocenters. The van der Waals surface area contributed by atoms with Gasteiger partial charge in [0.15, 0.2) is 0 Å². The molecule has 1 heterocycles. The minimum Gasteiger partial charge on any atom is -0.324 e. The SMILES string of the molecule is NC1CCCSc2cc(Cl)ccc21. The number of halogens is 1. The summed E-state index contributed by atoms with van der Waals surface area (Å²) in [6.45, 7) is 0. The third-order valence-electron chi connectivity index (χ3n) is 2.29. The van der Waals surface area contributed by atoms with Crippen LogP contribution in [0.5, 0.6) is 0 Å². The molecule has 2 rings (SSSR count). The monoisotopic (exact) mass is 213 g/mol. The highest BCUT2D eigenvalue weighted by Gasteiger charge is 2.15. The van der Waals surface area contributed by atoms with Crippen molar-refractivity contribution in [2.75, 3.05) is 5.75 Å². The van der Waals surface area contributed by atoms with Crippen molar-refractivity contribution in [2.45, 2.75) is 23.8 Å². The van der Waals surface area contributed by atoms with Crippen molar-refractivity contribution in [1.29, 1.82) is 0 Å². The van der Waals surface area contributed by atoms with Crippen molar-refractivity contribution in [2.24, 2.45) is 5.73 Å². The van der Waals surface area contributed by atoms with Gasteiger partial charge in [0.25, 0.3) is 0 Å². The molecule has 13 heavy (non-hydrogen) atoms. The molecule has 0 fully saturated rings. The molecule has 0 saturated heterocycles. The number of thioether (sulfide) groups is 1. The molecule has 3 heteroatoms. The second-order valence-electron chi connectivity index (χ2n) is 3.28. The average Bonchev–Trinajstić information content (AvgIpc) is 2.28. The first-order valence-electron chi connectivity index (χ1n) is 4.45. The predicted molar refractivity (Wildman–Crippen MR) is 58.3 cm³/mol. The minimum atomic E-state index is 0.197. The molecule has 0 amide bonds. The molecule has 0 radical (unpaired) electrons. The molecular weight excluding hydrogens is 202 g/mol. The van der Waals surface area contributed by atoms with E-state index in [9.17, 15) is 0 Å². The molecule has 0 aromatic heterocycles. The van der Waals surface area contributed by atoms with Crippen LogP contribution in [0.25, 0.3) is 0 Å². The summed E-state index contributed by atoms with van der Waals surface area (Å²) in [6.07, 6.45) is 2.28. The molecule has 1 aromatic rings. The lowest BCUT2D eigenvalue weighted by Gasteiger charge is -2.11. The van der Waals surface area contributed by atoms with Crippen LogP contribution in [0, 0.1) is 0 Å². The lowest BCUT2D eigenvalue weighted by atomic mass is 10.0. The summed E-state index contributed by atoms with van der Waals surface area (Å²) in [5.74, 6) is 1.15. The summed E-state index contributed by atoms with van der Waals surface area (Å²) in [5.41, 5.74) is 7.30. The zero-order chi connectivity index (χ0) is 9.26. The first-order valence-corrected chi connectivity index (χ1v) is 5.81. The third-order valence-corrected chi connectivity index (χ3v) is 3.68. The van der Waals surface area contributed by atoms with E-state index in [0.717, 1.165) is 17.2 Å². The molecule has 1 aromatic carbocycles. The molecular formula is C10H12ClNS. The van der Waals surface area contributed by atoms with Crippen molar-refractivity contribution in [1.82, 2.24) is 0 Å². The number of rotatable bonds is 0.